The molecule has 0 bridgehead atoms. The van der Waals surface area contributed by atoms with Gasteiger partial charge in [0.2, 0.25) is 15.9 Å². The first-order valence-corrected chi connectivity index (χ1v) is 10.9. The standard InChI is InChI=1S/C18H27N3O4S/c1-26(23,24)21(14-17-8-5-13-25-17)15-18(22)20-11-9-19(10-12-20)16-6-3-2-4-7-16/h2-4,6-7,17H,5,8-15H2,1H3. The van der Waals surface area contributed by atoms with E-state index in [0.717, 1.165) is 37.9 Å². The Bertz CT molecular complexity index is 696. The number of rotatable bonds is 6. The number of hydrogen-bond donors (Lipinski definition) is 0. The summed E-state index contributed by atoms with van der Waals surface area (Å²) in [6, 6.07) is 10.1. The molecular formula is C18H27N3O4S. The molecule has 2 heterocycles. The Balaban J connectivity index is 1.55. The minimum absolute atomic E-state index is 0.104. The van der Waals surface area contributed by atoms with Crippen molar-refractivity contribution in [1.82, 2.24) is 9.21 Å². The Kier molecular flexibility index (Phi) is 6.16. The first-order chi connectivity index (χ1) is 12.4. The molecule has 8 heteroatoms. The number of para-hydroxylation sites is 1. The van der Waals surface area contributed by atoms with Crippen molar-refractivity contribution in [3.05, 3.63) is 30.3 Å². The van der Waals surface area contributed by atoms with E-state index in [2.05, 4.69) is 17.0 Å². The van der Waals surface area contributed by atoms with Gasteiger partial charge in [0.1, 0.15) is 0 Å². The van der Waals surface area contributed by atoms with Gasteiger partial charge in [0.05, 0.1) is 18.9 Å². The molecule has 2 aliphatic rings. The van der Waals surface area contributed by atoms with Crippen LogP contribution < -0.4 is 4.90 Å². The van der Waals surface area contributed by atoms with Gasteiger partial charge in [-0.3, -0.25) is 4.79 Å². The predicted octanol–water partition coefficient (Wildman–Crippen LogP) is 0.776. The second-order valence-electron chi connectivity index (χ2n) is 6.89. The minimum Gasteiger partial charge on any atom is -0.377 e. The van der Waals surface area contributed by atoms with E-state index in [1.807, 2.05) is 18.2 Å². The molecule has 1 aromatic rings. The zero-order valence-electron chi connectivity index (χ0n) is 15.2. The van der Waals surface area contributed by atoms with E-state index in [9.17, 15) is 13.2 Å². The molecule has 0 N–H and O–H groups in total. The van der Waals surface area contributed by atoms with Crippen LogP contribution in [0.1, 0.15) is 12.8 Å². The highest BCUT2D eigenvalue weighted by atomic mass is 32.2. The molecule has 2 aliphatic heterocycles. The van der Waals surface area contributed by atoms with Crippen LogP contribution in [0.15, 0.2) is 30.3 Å². The predicted molar refractivity (Wildman–Crippen MR) is 101 cm³/mol. The van der Waals surface area contributed by atoms with Crippen molar-refractivity contribution in [3.8, 4) is 0 Å². The van der Waals surface area contributed by atoms with Gasteiger partial charge in [0, 0.05) is 45.0 Å². The number of piperazine rings is 1. The molecule has 0 saturated carbocycles. The summed E-state index contributed by atoms with van der Waals surface area (Å²) in [7, 11) is -3.44. The van der Waals surface area contributed by atoms with Gasteiger partial charge in [0.15, 0.2) is 0 Å². The van der Waals surface area contributed by atoms with Gasteiger partial charge in [-0.2, -0.15) is 4.31 Å². The highest BCUT2D eigenvalue weighted by molar-refractivity contribution is 7.88. The van der Waals surface area contributed by atoms with Crippen LogP contribution in [0.2, 0.25) is 0 Å². The quantitative estimate of drug-likeness (QED) is 0.728. The molecule has 2 fully saturated rings. The summed E-state index contributed by atoms with van der Waals surface area (Å²) in [6.45, 7) is 3.52. The molecule has 1 aromatic carbocycles. The molecule has 3 rings (SSSR count). The first kappa shape index (κ1) is 19.1. The van der Waals surface area contributed by atoms with E-state index >= 15 is 0 Å². The number of benzene rings is 1. The lowest BCUT2D eigenvalue weighted by atomic mass is 10.2. The van der Waals surface area contributed by atoms with Crippen LogP contribution >= 0.6 is 0 Å². The molecule has 0 aliphatic carbocycles. The summed E-state index contributed by atoms with van der Waals surface area (Å²) in [5.74, 6) is -0.138. The molecule has 0 radical (unpaired) electrons. The lowest BCUT2D eigenvalue weighted by Crippen LogP contribution is -2.52. The maximum Gasteiger partial charge on any atom is 0.238 e. The highest BCUT2D eigenvalue weighted by Crippen LogP contribution is 2.17. The van der Waals surface area contributed by atoms with Crippen LogP contribution in [0.4, 0.5) is 5.69 Å². The molecule has 1 amide bonds. The molecule has 7 nitrogen and oxygen atoms in total. The van der Waals surface area contributed by atoms with Crippen LogP contribution in [-0.4, -0.2) is 81.8 Å². The van der Waals surface area contributed by atoms with E-state index in [0.29, 0.717) is 19.7 Å². The zero-order valence-corrected chi connectivity index (χ0v) is 16.0. The monoisotopic (exact) mass is 381 g/mol. The van der Waals surface area contributed by atoms with E-state index in [1.54, 1.807) is 4.90 Å². The maximum absolute atomic E-state index is 12.6. The van der Waals surface area contributed by atoms with Crippen molar-refractivity contribution < 1.29 is 17.9 Å². The summed E-state index contributed by atoms with van der Waals surface area (Å²) < 4.78 is 30.9. The van der Waals surface area contributed by atoms with Crippen LogP contribution in [0.3, 0.4) is 0 Å². The van der Waals surface area contributed by atoms with Gasteiger partial charge in [-0.25, -0.2) is 8.42 Å². The number of amides is 1. The Morgan fingerprint density at radius 2 is 1.88 bits per heavy atom. The van der Waals surface area contributed by atoms with E-state index in [4.69, 9.17) is 4.74 Å². The topological polar surface area (TPSA) is 70.2 Å². The Morgan fingerprint density at radius 1 is 1.19 bits per heavy atom. The summed E-state index contributed by atoms with van der Waals surface area (Å²) in [4.78, 5) is 16.6. The van der Waals surface area contributed by atoms with Gasteiger partial charge in [-0.05, 0) is 25.0 Å². The zero-order chi connectivity index (χ0) is 18.6. The summed E-state index contributed by atoms with van der Waals surface area (Å²) >= 11 is 0. The van der Waals surface area contributed by atoms with Gasteiger partial charge in [-0.1, -0.05) is 18.2 Å². The normalized spacial score (nSPS) is 21.4. The summed E-state index contributed by atoms with van der Waals surface area (Å²) in [5.41, 5.74) is 1.15. The average molecular weight is 381 g/mol. The van der Waals surface area contributed by atoms with Crippen LogP contribution in [0, 0.1) is 0 Å². The van der Waals surface area contributed by atoms with Crippen molar-refractivity contribution in [2.45, 2.75) is 18.9 Å². The van der Waals surface area contributed by atoms with Crippen molar-refractivity contribution in [2.75, 3.05) is 57.0 Å². The fraction of sp³-hybridized carbons (Fsp3) is 0.611. The van der Waals surface area contributed by atoms with Gasteiger partial charge in [0.25, 0.3) is 0 Å². The molecule has 1 atom stereocenters. The Hall–Kier alpha value is -1.64. The molecule has 144 valence electrons. The first-order valence-electron chi connectivity index (χ1n) is 9.08. The van der Waals surface area contributed by atoms with Crippen molar-refractivity contribution in [3.63, 3.8) is 0 Å². The van der Waals surface area contributed by atoms with Gasteiger partial charge >= 0.3 is 0 Å². The molecule has 1 unspecified atom stereocenters. The van der Waals surface area contributed by atoms with E-state index in [-0.39, 0.29) is 25.1 Å². The molecule has 26 heavy (non-hydrogen) atoms. The molecular weight excluding hydrogens is 354 g/mol. The van der Waals surface area contributed by atoms with E-state index < -0.39 is 10.0 Å². The maximum atomic E-state index is 12.6. The fourth-order valence-electron chi connectivity index (χ4n) is 3.44. The average Bonchev–Trinajstić information content (AvgIpc) is 3.14. The summed E-state index contributed by atoms with van der Waals surface area (Å²) in [6.07, 6.45) is 2.84. The fourth-order valence-corrected chi connectivity index (χ4v) is 4.22. The summed E-state index contributed by atoms with van der Waals surface area (Å²) in [5, 5.41) is 0. The number of sulfonamides is 1. The third kappa shape index (κ3) is 4.96. The SMILES string of the molecule is CS(=O)(=O)N(CC(=O)N1CCN(c2ccccc2)CC1)CC1CCCO1. The minimum atomic E-state index is -3.44. The molecule has 0 spiro atoms. The molecule has 2 saturated heterocycles. The Labute approximate surface area is 155 Å². The molecule has 0 aromatic heterocycles. The van der Waals surface area contributed by atoms with E-state index in [1.165, 1.54) is 4.31 Å². The Morgan fingerprint density at radius 3 is 2.46 bits per heavy atom. The number of anilines is 1. The third-order valence-corrected chi connectivity index (χ3v) is 6.18. The number of carbonyl (C=O) groups is 1. The number of ether oxygens (including phenoxy) is 1. The second kappa shape index (κ2) is 8.37. The van der Waals surface area contributed by atoms with Crippen LogP contribution in [0.5, 0.6) is 0 Å². The third-order valence-electron chi connectivity index (χ3n) is 4.97. The van der Waals surface area contributed by atoms with Crippen molar-refractivity contribution >= 4 is 21.6 Å². The second-order valence-corrected chi connectivity index (χ2v) is 8.88. The van der Waals surface area contributed by atoms with Crippen LogP contribution in [-0.2, 0) is 19.6 Å². The smallest absolute Gasteiger partial charge is 0.238 e. The lowest BCUT2D eigenvalue weighted by Gasteiger charge is -2.37. The lowest BCUT2D eigenvalue weighted by molar-refractivity contribution is -0.131. The highest BCUT2D eigenvalue weighted by Gasteiger charge is 2.29. The number of carbonyl (C=O) groups excluding carboxylic acids is 1. The van der Waals surface area contributed by atoms with Gasteiger partial charge < -0.3 is 14.5 Å². The van der Waals surface area contributed by atoms with Crippen molar-refractivity contribution in [2.24, 2.45) is 0 Å². The van der Waals surface area contributed by atoms with Gasteiger partial charge in [-0.15, -0.1) is 0 Å². The van der Waals surface area contributed by atoms with Crippen molar-refractivity contribution in [1.29, 1.82) is 0 Å². The van der Waals surface area contributed by atoms with Crippen LogP contribution in [0.25, 0.3) is 0 Å². The number of nitrogens with zero attached hydrogens (tertiary/aromatic N) is 3. The number of hydrogen-bond acceptors (Lipinski definition) is 5. The largest absolute Gasteiger partial charge is 0.377 e.